The predicted octanol–water partition coefficient (Wildman–Crippen LogP) is 1.89. The van der Waals surface area contributed by atoms with Crippen molar-refractivity contribution in [3.05, 3.63) is 0 Å². The number of rotatable bonds is 4. The Kier molecular flexibility index (Phi) is 4.20. The Morgan fingerprint density at radius 3 is 2.62 bits per heavy atom. The van der Waals surface area contributed by atoms with Crippen LogP contribution in [0.1, 0.15) is 26.7 Å². The Labute approximate surface area is 105 Å². The molecule has 0 aromatic rings. The lowest BCUT2D eigenvalue weighted by molar-refractivity contribution is 0.121. The smallest absolute Gasteiger partial charge is 0.0583 e. The molecule has 0 aromatic carbocycles. The molecule has 0 amide bonds. The lowest BCUT2D eigenvalue weighted by Gasteiger charge is -2.26. The third-order valence-electron chi connectivity index (χ3n) is 4.56. The molecule has 94 valence electrons. The summed E-state index contributed by atoms with van der Waals surface area (Å²) in [5.41, 5.74) is 0. The van der Waals surface area contributed by atoms with Gasteiger partial charge in [-0.05, 0) is 36.3 Å². The van der Waals surface area contributed by atoms with E-state index in [1.54, 1.807) is 0 Å². The molecule has 1 aliphatic carbocycles. The molecule has 0 bridgehead atoms. The highest BCUT2D eigenvalue weighted by molar-refractivity contribution is 7.80. The van der Waals surface area contributed by atoms with Crippen LogP contribution in [0.15, 0.2) is 0 Å². The van der Waals surface area contributed by atoms with E-state index in [1.807, 2.05) is 0 Å². The lowest BCUT2D eigenvalue weighted by Crippen LogP contribution is -2.32. The van der Waals surface area contributed by atoms with Crippen LogP contribution in [-0.4, -0.2) is 41.5 Å². The molecule has 4 atom stereocenters. The third kappa shape index (κ3) is 2.57. The third-order valence-corrected chi connectivity index (χ3v) is 5.03. The number of nitrogens with zero attached hydrogens (tertiary/aromatic N) is 1. The summed E-state index contributed by atoms with van der Waals surface area (Å²) in [7, 11) is 0. The summed E-state index contributed by atoms with van der Waals surface area (Å²) in [4.78, 5) is 2.55. The van der Waals surface area contributed by atoms with E-state index in [0.29, 0.717) is 17.8 Å². The second-order valence-electron chi connectivity index (χ2n) is 5.97. The predicted molar refractivity (Wildman–Crippen MR) is 70.8 cm³/mol. The van der Waals surface area contributed by atoms with Crippen LogP contribution in [0.25, 0.3) is 0 Å². The number of thiol groups is 1. The first-order valence-corrected chi connectivity index (χ1v) is 7.26. The van der Waals surface area contributed by atoms with Gasteiger partial charge < -0.3 is 10.0 Å². The average Bonchev–Trinajstić information content (AvgIpc) is 2.77. The first-order chi connectivity index (χ1) is 7.61. The van der Waals surface area contributed by atoms with Crippen LogP contribution in [-0.2, 0) is 0 Å². The number of hydrogen-bond donors (Lipinski definition) is 2. The van der Waals surface area contributed by atoms with E-state index in [-0.39, 0.29) is 6.10 Å². The van der Waals surface area contributed by atoms with E-state index in [4.69, 9.17) is 0 Å². The molecule has 2 nitrogen and oxygen atoms in total. The Morgan fingerprint density at radius 1 is 1.31 bits per heavy atom. The molecule has 0 radical (unpaired) electrons. The highest BCUT2D eigenvalue weighted by atomic mass is 32.1. The fraction of sp³-hybridized carbons (Fsp3) is 1.00. The van der Waals surface area contributed by atoms with Gasteiger partial charge in [-0.25, -0.2) is 0 Å². The summed E-state index contributed by atoms with van der Waals surface area (Å²) in [5.74, 6) is 3.71. The van der Waals surface area contributed by atoms with E-state index in [9.17, 15) is 5.11 Å². The molecule has 0 spiro atoms. The van der Waals surface area contributed by atoms with Gasteiger partial charge in [0.2, 0.25) is 0 Å². The lowest BCUT2D eigenvalue weighted by atomic mass is 9.97. The van der Waals surface area contributed by atoms with Gasteiger partial charge in [-0.1, -0.05) is 13.8 Å². The molecule has 0 aromatic heterocycles. The van der Waals surface area contributed by atoms with Crippen molar-refractivity contribution in [2.45, 2.75) is 32.8 Å². The van der Waals surface area contributed by atoms with Gasteiger partial charge in [0.05, 0.1) is 6.10 Å². The maximum Gasteiger partial charge on any atom is 0.0583 e. The Bertz CT molecular complexity index is 234. The van der Waals surface area contributed by atoms with Gasteiger partial charge in [-0.3, -0.25) is 0 Å². The summed E-state index contributed by atoms with van der Waals surface area (Å²) in [6, 6.07) is 0. The van der Waals surface area contributed by atoms with Gasteiger partial charge in [0.1, 0.15) is 0 Å². The first kappa shape index (κ1) is 12.7. The van der Waals surface area contributed by atoms with Crippen LogP contribution in [0, 0.1) is 23.7 Å². The van der Waals surface area contributed by atoms with Crippen molar-refractivity contribution in [3.63, 3.8) is 0 Å². The molecule has 1 saturated heterocycles. The molecule has 2 rings (SSSR count). The van der Waals surface area contributed by atoms with E-state index < -0.39 is 0 Å². The molecule has 1 saturated carbocycles. The molecule has 16 heavy (non-hydrogen) atoms. The minimum Gasteiger partial charge on any atom is -0.393 e. The molecular weight excluding hydrogens is 218 g/mol. The molecular formula is C13H25NOS. The summed E-state index contributed by atoms with van der Waals surface area (Å²) >= 11 is 4.45. The maximum atomic E-state index is 9.88. The zero-order valence-corrected chi connectivity index (χ0v) is 11.4. The van der Waals surface area contributed by atoms with Gasteiger partial charge in [0, 0.05) is 25.6 Å². The van der Waals surface area contributed by atoms with E-state index in [1.165, 1.54) is 19.5 Å². The molecule has 2 fully saturated rings. The zero-order valence-electron chi connectivity index (χ0n) is 10.5. The number of likely N-dealkylation sites (tertiary alicyclic amines) is 1. The number of hydrogen-bond acceptors (Lipinski definition) is 3. The van der Waals surface area contributed by atoms with Gasteiger partial charge in [0.25, 0.3) is 0 Å². The molecule has 2 aliphatic rings. The van der Waals surface area contributed by atoms with Crippen molar-refractivity contribution in [1.29, 1.82) is 0 Å². The summed E-state index contributed by atoms with van der Waals surface area (Å²) < 4.78 is 0. The van der Waals surface area contributed by atoms with Crippen molar-refractivity contribution >= 4 is 12.6 Å². The van der Waals surface area contributed by atoms with E-state index in [0.717, 1.165) is 24.6 Å². The molecule has 3 heteroatoms. The number of aliphatic hydroxyl groups is 1. The van der Waals surface area contributed by atoms with Gasteiger partial charge in [0.15, 0.2) is 0 Å². The van der Waals surface area contributed by atoms with Crippen LogP contribution in [0.3, 0.4) is 0 Å². The van der Waals surface area contributed by atoms with Crippen molar-refractivity contribution in [2.75, 3.05) is 25.4 Å². The zero-order chi connectivity index (χ0) is 11.7. The summed E-state index contributed by atoms with van der Waals surface area (Å²) in [6.45, 7) is 8.06. The second kappa shape index (κ2) is 5.28. The summed E-state index contributed by atoms with van der Waals surface area (Å²) in [6.07, 6.45) is 2.24. The standard InChI is InChI=1S/C13H25NOS/c1-9(2)11(8-16)6-14-5-10-3-4-13(15)12(10)7-14/h9-13,15-16H,3-8H2,1-2H3. The Hall–Kier alpha value is 0.270. The van der Waals surface area contributed by atoms with Crippen LogP contribution in [0.5, 0.6) is 0 Å². The SMILES string of the molecule is CC(C)C(CS)CN1CC2CCC(O)C2C1. The van der Waals surface area contributed by atoms with Crippen molar-refractivity contribution in [3.8, 4) is 0 Å². The number of fused-ring (bicyclic) bond motifs is 1. The largest absolute Gasteiger partial charge is 0.393 e. The van der Waals surface area contributed by atoms with Crippen LogP contribution in [0.4, 0.5) is 0 Å². The van der Waals surface area contributed by atoms with E-state index >= 15 is 0 Å². The normalized spacial score (nSPS) is 36.9. The topological polar surface area (TPSA) is 23.5 Å². The molecule has 4 unspecified atom stereocenters. The van der Waals surface area contributed by atoms with Crippen LogP contribution in [0.2, 0.25) is 0 Å². The van der Waals surface area contributed by atoms with Gasteiger partial charge in [-0.2, -0.15) is 12.6 Å². The van der Waals surface area contributed by atoms with Crippen LogP contribution < -0.4 is 0 Å². The second-order valence-corrected chi connectivity index (χ2v) is 6.34. The van der Waals surface area contributed by atoms with Gasteiger partial charge >= 0.3 is 0 Å². The minimum absolute atomic E-state index is 0.0245. The fourth-order valence-electron chi connectivity index (χ4n) is 3.29. The Morgan fingerprint density at radius 2 is 2.06 bits per heavy atom. The van der Waals surface area contributed by atoms with Crippen molar-refractivity contribution in [2.24, 2.45) is 23.7 Å². The first-order valence-electron chi connectivity index (χ1n) is 6.63. The van der Waals surface area contributed by atoms with E-state index in [2.05, 4.69) is 31.4 Å². The van der Waals surface area contributed by atoms with Crippen molar-refractivity contribution < 1.29 is 5.11 Å². The fourth-order valence-corrected chi connectivity index (χ4v) is 3.83. The van der Waals surface area contributed by atoms with Gasteiger partial charge in [-0.15, -0.1) is 0 Å². The van der Waals surface area contributed by atoms with Crippen LogP contribution >= 0.6 is 12.6 Å². The highest BCUT2D eigenvalue weighted by Crippen LogP contribution is 2.38. The Balaban J connectivity index is 1.85. The summed E-state index contributed by atoms with van der Waals surface area (Å²) in [5, 5.41) is 9.88. The molecule has 1 heterocycles. The molecule has 1 aliphatic heterocycles. The molecule has 1 N–H and O–H groups in total. The quantitative estimate of drug-likeness (QED) is 0.737. The van der Waals surface area contributed by atoms with Crippen molar-refractivity contribution in [1.82, 2.24) is 4.90 Å². The minimum atomic E-state index is -0.0245. The monoisotopic (exact) mass is 243 g/mol. The average molecular weight is 243 g/mol. The highest BCUT2D eigenvalue weighted by Gasteiger charge is 2.41. The maximum absolute atomic E-state index is 9.88. The number of aliphatic hydroxyl groups excluding tert-OH is 1.